The van der Waals surface area contributed by atoms with E-state index in [1.807, 2.05) is 0 Å². The first-order valence-corrected chi connectivity index (χ1v) is 10.9. The summed E-state index contributed by atoms with van der Waals surface area (Å²) in [6, 6.07) is 22.4. The topological polar surface area (TPSA) is 139 Å². The lowest BCUT2D eigenvalue weighted by Gasteiger charge is -2.36. The van der Waals surface area contributed by atoms with Crippen LogP contribution in [0.25, 0.3) is 11.3 Å². The average Bonchev–Trinajstić information content (AvgIpc) is 2.92. The Kier molecular flexibility index (Phi) is 6.70. The van der Waals surface area contributed by atoms with Crippen molar-refractivity contribution in [3.63, 3.8) is 0 Å². The van der Waals surface area contributed by atoms with Crippen molar-refractivity contribution in [2.75, 3.05) is 19.1 Å². The van der Waals surface area contributed by atoms with E-state index >= 15 is 0 Å². The lowest BCUT2D eigenvalue weighted by Crippen LogP contribution is -2.40. The standard InChI is InChI=1S/C27H22N4O5/c1-35-26(33)23-22(16-8-4-3-5-9-16)19(15-28)25(29)31(24(23)27(34)36-2)18-11-6-10-17(14-18)20-12-7-13-21(32)30-20/h3-14,22H,29H2,1-2H3,(H,30,32). The smallest absolute Gasteiger partial charge is 0.355 e. The summed E-state index contributed by atoms with van der Waals surface area (Å²) in [6.45, 7) is 0. The Morgan fingerprint density at radius 2 is 1.67 bits per heavy atom. The van der Waals surface area contributed by atoms with E-state index in [1.54, 1.807) is 66.7 Å². The Labute approximate surface area is 206 Å². The molecule has 180 valence electrons. The van der Waals surface area contributed by atoms with Gasteiger partial charge in [-0.05, 0) is 23.8 Å². The number of ether oxygens (including phenoxy) is 2. The molecule has 0 saturated carbocycles. The van der Waals surface area contributed by atoms with E-state index in [-0.39, 0.29) is 28.2 Å². The third-order valence-electron chi connectivity index (χ3n) is 5.79. The molecule has 0 bridgehead atoms. The summed E-state index contributed by atoms with van der Waals surface area (Å²) in [5.41, 5.74) is 8.15. The molecule has 36 heavy (non-hydrogen) atoms. The van der Waals surface area contributed by atoms with Gasteiger partial charge in [-0.2, -0.15) is 5.26 Å². The van der Waals surface area contributed by atoms with E-state index < -0.39 is 17.9 Å². The van der Waals surface area contributed by atoms with Gasteiger partial charge in [-0.25, -0.2) is 9.59 Å². The Morgan fingerprint density at radius 1 is 0.972 bits per heavy atom. The van der Waals surface area contributed by atoms with Gasteiger partial charge in [-0.15, -0.1) is 0 Å². The van der Waals surface area contributed by atoms with Gasteiger partial charge in [-0.3, -0.25) is 9.69 Å². The van der Waals surface area contributed by atoms with Crippen LogP contribution in [0.4, 0.5) is 5.69 Å². The molecular weight excluding hydrogens is 460 g/mol. The third-order valence-corrected chi connectivity index (χ3v) is 5.79. The number of rotatable bonds is 5. The minimum atomic E-state index is -0.956. The van der Waals surface area contributed by atoms with Crippen molar-refractivity contribution in [1.29, 1.82) is 5.26 Å². The molecule has 0 radical (unpaired) electrons. The van der Waals surface area contributed by atoms with Crippen LogP contribution in [0, 0.1) is 11.3 Å². The number of anilines is 1. The number of hydrogen-bond acceptors (Lipinski definition) is 8. The zero-order valence-corrected chi connectivity index (χ0v) is 19.5. The number of nitrogens with one attached hydrogen (secondary N) is 1. The normalized spacial score (nSPS) is 15.4. The van der Waals surface area contributed by atoms with Crippen molar-refractivity contribution in [3.8, 4) is 17.3 Å². The van der Waals surface area contributed by atoms with Gasteiger partial charge in [0.2, 0.25) is 5.56 Å². The van der Waals surface area contributed by atoms with Gasteiger partial charge in [0.05, 0.1) is 37.4 Å². The molecule has 0 aliphatic carbocycles. The highest BCUT2D eigenvalue weighted by molar-refractivity contribution is 6.06. The highest BCUT2D eigenvalue weighted by atomic mass is 16.5. The number of aromatic amines is 1. The average molecular weight is 482 g/mol. The minimum Gasteiger partial charge on any atom is -0.466 e. The van der Waals surface area contributed by atoms with Gasteiger partial charge < -0.3 is 20.2 Å². The number of carbonyl (C=O) groups excluding carboxylic acids is 2. The Morgan fingerprint density at radius 3 is 2.31 bits per heavy atom. The van der Waals surface area contributed by atoms with Crippen LogP contribution < -0.4 is 16.2 Å². The molecule has 1 aliphatic heterocycles. The quantitative estimate of drug-likeness (QED) is 0.529. The molecule has 4 rings (SSSR count). The maximum Gasteiger partial charge on any atom is 0.355 e. The molecule has 0 amide bonds. The Hall–Kier alpha value is -5.10. The van der Waals surface area contributed by atoms with Crippen molar-refractivity contribution in [2.45, 2.75) is 5.92 Å². The van der Waals surface area contributed by atoms with Gasteiger partial charge >= 0.3 is 11.9 Å². The number of benzene rings is 2. The van der Waals surface area contributed by atoms with Crippen LogP contribution in [-0.4, -0.2) is 31.1 Å². The molecule has 0 spiro atoms. The van der Waals surface area contributed by atoms with E-state index in [4.69, 9.17) is 15.2 Å². The lowest BCUT2D eigenvalue weighted by atomic mass is 9.81. The minimum absolute atomic E-state index is 0.0434. The number of carbonyl (C=O) groups is 2. The van der Waals surface area contributed by atoms with Crippen LogP contribution >= 0.6 is 0 Å². The largest absolute Gasteiger partial charge is 0.466 e. The number of nitriles is 1. The zero-order chi connectivity index (χ0) is 25.8. The number of hydrogen-bond donors (Lipinski definition) is 2. The molecule has 1 aliphatic rings. The summed E-state index contributed by atoms with van der Waals surface area (Å²) in [6.07, 6.45) is 0. The first kappa shape index (κ1) is 24.0. The summed E-state index contributed by atoms with van der Waals surface area (Å²) in [7, 11) is 2.38. The molecule has 9 heteroatoms. The molecule has 2 heterocycles. The maximum atomic E-state index is 13.2. The van der Waals surface area contributed by atoms with E-state index in [9.17, 15) is 19.6 Å². The fraction of sp³-hybridized carbons (Fsp3) is 0.111. The van der Waals surface area contributed by atoms with Crippen LogP contribution in [0.15, 0.2) is 100 Å². The van der Waals surface area contributed by atoms with Crippen molar-refractivity contribution >= 4 is 17.6 Å². The number of aromatic nitrogens is 1. The predicted octanol–water partition coefficient (Wildman–Crippen LogP) is 2.94. The molecular formula is C27H22N4O5. The maximum absolute atomic E-state index is 13.2. The highest BCUT2D eigenvalue weighted by Gasteiger charge is 2.43. The Bertz CT molecular complexity index is 1500. The van der Waals surface area contributed by atoms with E-state index in [2.05, 4.69) is 11.1 Å². The first-order chi connectivity index (χ1) is 17.4. The van der Waals surface area contributed by atoms with Gasteiger partial charge in [0.1, 0.15) is 11.5 Å². The van der Waals surface area contributed by atoms with Gasteiger partial charge in [0, 0.05) is 23.0 Å². The molecule has 0 saturated heterocycles. The summed E-state index contributed by atoms with van der Waals surface area (Å²) in [5.74, 6) is -2.64. The van der Waals surface area contributed by atoms with Crippen molar-refractivity contribution < 1.29 is 19.1 Å². The highest BCUT2D eigenvalue weighted by Crippen LogP contribution is 2.43. The molecule has 1 unspecified atom stereocenters. The van der Waals surface area contributed by atoms with Crippen LogP contribution in [0.1, 0.15) is 11.5 Å². The summed E-state index contributed by atoms with van der Waals surface area (Å²) in [5, 5.41) is 10.1. The Balaban J connectivity index is 2.02. The lowest BCUT2D eigenvalue weighted by molar-refractivity contribution is -0.139. The fourth-order valence-electron chi connectivity index (χ4n) is 4.21. The van der Waals surface area contributed by atoms with Crippen LogP contribution in [0.3, 0.4) is 0 Å². The molecule has 1 atom stereocenters. The molecule has 3 aromatic rings. The molecule has 1 aromatic heterocycles. The van der Waals surface area contributed by atoms with Crippen LogP contribution in [0.2, 0.25) is 0 Å². The molecule has 0 fully saturated rings. The summed E-state index contributed by atoms with van der Waals surface area (Å²) in [4.78, 5) is 42.2. The summed E-state index contributed by atoms with van der Waals surface area (Å²) >= 11 is 0. The van der Waals surface area contributed by atoms with Crippen molar-refractivity contribution in [1.82, 2.24) is 4.98 Å². The second kappa shape index (κ2) is 10.0. The number of allylic oxidation sites excluding steroid dienone is 1. The SMILES string of the molecule is COC(=O)C1=C(C(=O)OC)N(c2cccc(-c3cccc(=O)[nH]3)c2)C(N)=C(C#N)C1c1ccccc1. The van der Waals surface area contributed by atoms with E-state index in [0.717, 1.165) is 0 Å². The van der Waals surface area contributed by atoms with Crippen molar-refractivity contribution in [3.05, 3.63) is 111 Å². The van der Waals surface area contributed by atoms with E-state index in [0.29, 0.717) is 22.5 Å². The van der Waals surface area contributed by atoms with Crippen molar-refractivity contribution in [2.24, 2.45) is 5.73 Å². The monoisotopic (exact) mass is 482 g/mol. The van der Waals surface area contributed by atoms with Gasteiger partial charge in [-0.1, -0.05) is 48.5 Å². The zero-order valence-electron chi connectivity index (χ0n) is 19.5. The predicted molar refractivity (Wildman–Crippen MR) is 132 cm³/mol. The third kappa shape index (κ3) is 4.23. The number of pyridine rings is 1. The molecule has 2 aromatic carbocycles. The summed E-state index contributed by atoms with van der Waals surface area (Å²) < 4.78 is 10.1. The first-order valence-electron chi connectivity index (χ1n) is 10.9. The van der Waals surface area contributed by atoms with Gasteiger partial charge in [0.25, 0.3) is 0 Å². The van der Waals surface area contributed by atoms with Crippen LogP contribution in [-0.2, 0) is 19.1 Å². The van der Waals surface area contributed by atoms with Gasteiger partial charge in [0.15, 0.2) is 0 Å². The number of methoxy groups -OCH3 is 2. The fourth-order valence-corrected chi connectivity index (χ4v) is 4.21. The second-order valence-electron chi connectivity index (χ2n) is 7.81. The number of esters is 2. The van der Waals surface area contributed by atoms with Crippen LogP contribution in [0.5, 0.6) is 0 Å². The van der Waals surface area contributed by atoms with E-state index in [1.165, 1.54) is 25.2 Å². The number of H-pyrrole nitrogens is 1. The number of nitrogens with zero attached hydrogens (tertiary/aromatic N) is 2. The number of nitrogens with two attached hydrogens (primary N) is 1. The molecule has 9 nitrogen and oxygen atoms in total. The second-order valence-corrected chi connectivity index (χ2v) is 7.81. The molecule has 3 N–H and O–H groups in total.